The summed E-state index contributed by atoms with van der Waals surface area (Å²) in [5, 5.41) is 3.28. The zero-order valence-electron chi connectivity index (χ0n) is 10.7. The second-order valence-corrected chi connectivity index (χ2v) is 5.18. The maximum atomic E-state index is 12.3. The first kappa shape index (κ1) is 14.8. The van der Waals surface area contributed by atoms with E-state index in [1.54, 1.807) is 0 Å². The normalized spacial score (nSPS) is 21.7. The first-order valence-electron chi connectivity index (χ1n) is 6.40. The number of hydrogen-bond acceptors (Lipinski definition) is 2. The molecule has 1 unspecified atom stereocenters. The van der Waals surface area contributed by atoms with Gasteiger partial charge in [-0.15, -0.1) is 0 Å². The third-order valence-corrected chi connectivity index (χ3v) is 3.33. The molecule has 1 heterocycles. The fourth-order valence-electron chi connectivity index (χ4n) is 2.29. The Morgan fingerprint density at radius 2 is 2.06 bits per heavy atom. The molecule has 1 atom stereocenters. The number of halogens is 3. The Hall–Kier alpha value is -0.290. The van der Waals surface area contributed by atoms with Crippen molar-refractivity contribution in [1.82, 2.24) is 10.2 Å². The number of hydrogen-bond donors (Lipinski definition) is 1. The zero-order chi connectivity index (χ0) is 12.9. The summed E-state index contributed by atoms with van der Waals surface area (Å²) in [7, 11) is 0. The lowest BCUT2D eigenvalue weighted by atomic mass is 10.0. The lowest BCUT2D eigenvalue weighted by molar-refractivity contribution is -0.149. The molecule has 1 rings (SSSR count). The highest BCUT2D eigenvalue weighted by Gasteiger charge is 2.31. The van der Waals surface area contributed by atoms with Crippen molar-refractivity contribution in [2.24, 2.45) is 5.92 Å². The van der Waals surface area contributed by atoms with Gasteiger partial charge in [0, 0.05) is 6.04 Å². The first-order valence-corrected chi connectivity index (χ1v) is 6.40. The van der Waals surface area contributed by atoms with Crippen molar-refractivity contribution < 1.29 is 13.2 Å². The molecule has 0 aromatic rings. The van der Waals surface area contributed by atoms with Crippen molar-refractivity contribution in [3.05, 3.63) is 0 Å². The Morgan fingerprint density at radius 1 is 1.35 bits per heavy atom. The summed E-state index contributed by atoms with van der Waals surface area (Å²) in [5.41, 5.74) is 0. The highest BCUT2D eigenvalue weighted by Crippen LogP contribution is 2.20. The van der Waals surface area contributed by atoms with Gasteiger partial charge in [0.2, 0.25) is 0 Å². The van der Waals surface area contributed by atoms with Crippen LogP contribution in [-0.4, -0.2) is 43.3 Å². The minimum Gasteiger partial charge on any atom is -0.316 e. The molecular formula is C12H23F3N2. The predicted molar refractivity (Wildman–Crippen MR) is 63.0 cm³/mol. The molecule has 1 fully saturated rings. The molecule has 1 aliphatic rings. The molecule has 5 heteroatoms. The number of rotatable bonds is 6. The third-order valence-electron chi connectivity index (χ3n) is 3.33. The Bertz CT molecular complexity index is 210. The third kappa shape index (κ3) is 6.27. The van der Waals surface area contributed by atoms with E-state index in [1.165, 1.54) is 11.3 Å². The average molecular weight is 252 g/mol. The van der Waals surface area contributed by atoms with E-state index >= 15 is 0 Å². The number of nitrogens with zero attached hydrogens (tertiary/aromatic N) is 1. The second-order valence-electron chi connectivity index (χ2n) is 5.18. The zero-order valence-corrected chi connectivity index (χ0v) is 10.7. The van der Waals surface area contributed by atoms with Crippen LogP contribution in [0.5, 0.6) is 0 Å². The van der Waals surface area contributed by atoms with E-state index in [4.69, 9.17) is 0 Å². The van der Waals surface area contributed by atoms with E-state index < -0.39 is 12.7 Å². The molecule has 17 heavy (non-hydrogen) atoms. The van der Waals surface area contributed by atoms with E-state index in [2.05, 4.69) is 5.32 Å². The Kier molecular flexibility index (Phi) is 5.73. The summed E-state index contributed by atoms with van der Waals surface area (Å²) in [5.74, 6) is 0.662. The molecular weight excluding hydrogens is 229 g/mol. The number of nitrogens with one attached hydrogen (secondary N) is 1. The maximum Gasteiger partial charge on any atom is 0.401 e. The molecule has 1 saturated heterocycles. The monoisotopic (exact) mass is 252 g/mol. The molecule has 102 valence electrons. The quantitative estimate of drug-likeness (QED) is 0.782. The van der Waals surface area contributed by atoms with Gasteiger partial charge in [-0.2, -0.15) is 13.2 Å². The molecule has 0 radical (unpaired) electrons. The molecule has 1 aliphatic heterocycles. The van der Waals surface area contributed by atoms with Crippen LogP contribution in [0.25, 0.3) is 0 Å². The van der Waals surface area contributed by atoms with E-state index in [0.717, 1.165) is 25.9 Å². The minimum atomic E-state index is -4.08. The van der Waals surface area contributed by atoms with Gasteiger partial charge in [0.25, 0.3) is 0 Å². The van der Waals surface area contributed by atoms with Crippen LogP contribution in [0.15, 0.2) is 0 Å². The van der Waals surface area contributed by atoms with Crippen LogP contribution in [-0.2, 0) is 0 Å². The smallest absolute Gasteiger partial charge is 0.316 e. The summed E-state index contributed by atoms with van der Waals surface area (Å²) < 4.78 is 37.0. The van der Waals surface area contributed by atoms with Crippen molar-refractivity contribution in [3.8, 4) is 0 Å². The fraction of sp³-hybridized carbons (Fsp3) is 1.00. The van der Waals surface area contributed by atoms with Crippen LogP contribution < -0.4 is 5.32 Å². The number of alkyl halides is 3. The minimum absolute atomic E-state index is 0.0432. The van der Waals surface area contributed by atoms with Gasteiger partial charge in [0.15, 0.2) is 0 Å². The summed E-state index contributed by atoms with van der Waals surface area (Å²) in [6.45, 7) is 5.50. The summed E-state index contributed by atoms with van der Waals surface area (Å²) >= 11 is 0. The Morgan fingerprint density at radius 3 is 2.53 bits per heavy atom. The van der Waals surface area contributed by atoms with Gasteiger partial charge in [0.05, 0.1) is 6.54 Å². The second kappa shape index (κ2) is 6.59. The largest absolute Gasteiger partial charge is 0.401 e. The van der Waals surface area contributed by atoms with Crippen LogP contribution in [0.3, 0.4) is 0 Å². The van der Waals surface area contributed by atoms with Gasteiger partial charge in [0.1, 0.15) is 0 Å². The predicted octanol–water partition coefficient (Wildman–Crippen LogP) is 2.65. The molecule has 0 bridgehead atoms. The van der Waals surface area contributed by atoms with Gasteiger partial charge < -0.3 is 5.32 Å². The molecule has 0 amide bonds. The highest BCUT2D eigenvalue weighted by molar-refractivity contribution is 4.73. The lowest BCUT2D eigenvalue weighted by Crippen LogP contribution is -2.39. The summed E-state index contributed by atoms with van der Waals surface area (Å²) in [6.07, 6.45) is -1.02. The highest BCUT2D eigenvalue weighted by atomic mass is 19.4. The van der Waals surface area contributed by atoms with Crippen LogP contribution in [0.4, 0.5) is 13.2 Å². The van der Waals surface area contributed by atoms with Crippen LogP contribution in [0.2, 0.25) is 0 Å². The molecule has 0 spiro atoms. The molecule has 0 aromatic heterocycles. The Balaban J connectivity index is 2.24. The molecule has 0 saturated carbocycles. The summed E-state index contributed by atoms with van der Waals surface area (Å²) in [4.78, 5) is 1.52. The van der Waals surface area contributed by atoms with Crippen molar-refractivity contribution in [2.45, 2.75) is 45.3 Å². The standard InChI is InChI=1S/C12H23F3N2/c1-10(2)17(9-12(13,14)15)7-3-4-11-5-6-16-8-11/h10-11,16H,3-9H2,1-2H3. The SMILES string of the molecule is CC(C)N(CCCC1CCNC1)CC(F)(F)F. The van der Waals surface area contributed by atoms with Crippen molar-refractivity contribution in [2.75, 3.05) is 26.2 Å². The van der Waals surface area contributed by atoms with Crippen LogP contribution in [0.1, 0.15) is 33.1 Å². The first-order chi connectivity index (χ1) is 7.88. The topological polar surface area (TPSA) is 15.3 Å². The lowest BCUT2D eigenvalue weighted by Gasteiger charge is -2.27. The van der Waals surface area contributed by atoms with Gasteiger partial charge in [-0.05, 0) is 58.7 Å². The van der Waals surface area contributed by atoms with E-state index in [-0.39, 0.29) is 6.04 Å². The molecule has 0 aromatic carbocycles. The fourth-order valence-corrected chi connectivity index (χ4v) is 2.29. The van der Waals surface area contributed by atoms with E-state index in [0.29, 0.717) is 12.5 Å². The van der Waals surface area contributed by atoms with Gasteiger partial charge in [-0.25, -0.2) is 0 Å². The van der Waals surface area contributed by atoms with Gasteiger partial charge in [-0.3, -0.25) is 4.90 Å². The van der Waals surface area contributed by atoms with Crippen molar-refractivity contribution >= 4 is 0 Å². The Labute approximate surface area is 102 Å². The summed E-state index contributed by atoms with van der Waals surface area (Å²) in [6, 6.07) is -0.0432. The van der Waals surface area contributed by atoms with E-state index in [1.807, 2.05) is 13.8 Å². The van der Waals surface area contributed by atoms with E-state index in [9.17, 15) is 13.2 Å². The van der Waals surface area contributed by atoms with Crippen LogP contribution in [0, 0.1) is 5.92 Å². The average Bonchev–Trinajstić information content (AvgIpc) is 2.67. The molecule has 2 nitrogen and oxygen atoms in total. The van der Waals surface area contributed by atoms with Crippen molar-refractivity contribution in [3.63, 3.8) is 0 Å². The van der Waals surface area contributed by atoms with Crippen molar-refractivity contribution in [1.29, 1.82) is 0 Å². The van der Waals surface area contributed by atoms with Gasteiger partial charge in [-0.1, -0.05) is 0 Å². The molecule has 1 N–H and O–H groups in total. The molecule has 0 aliphatic carbocycles. The van der Waals surface area contributed by atoms with Crippen LogP contribution >= 0.6 is 0 Å². The van der Waals surface area contributed by atoms with Gasteiger partial charge >= 0.3 is 6.18 Å². The maximum absolute atomic E-state index is 12.3.